The second-order valence-electron chi connectivity index (χ2n) is 8.64. The SMILES string of the molecule is CCOC(=O)CN(CCS(C)(=O)=O)C(=O)c1cccc(COc2ccc(-c3cc(F)c(F)cc3SC)cc2)c1. The van der Waals surface area contributed by atoms with Gasteiger partial charge in [0.05, 0.1) is 12.4 Å². The summed E-state index contributed by atoms with van der Waals surface area (Å²) in [7, 11) is -3.36. The van der Waals surface area contributed by atoms with E-state index in [-0.39, 0.29) is 37.6 Å². The molecule has 0 unspecified atom stereocenters. The van der Waals surface area contributed by atoms with Crippen LogP contribution in [0.2, 0.25) is 0 Å². The Morgan fingerprint density at radius 2 is 1.69 bits per heavy atom. The third-order valence-corrected chi connectivity index (χ3v) is 7.33. The van der Waals surface area contributed by atoms with Gasteiger partial charge in [-0.05, 0) is 66.3 Å². The molecule has 0 heterocycles. The molecule has 0 bridgehead atoms. The van der Waals surface area contributed by atoms with E-state index in [1.807, 2.05) is 0 Å². The summed E-state index contributed by atoms with van der Waals surface area (Å²) in [4.78, 5) is 26.9. The number of benzene rings is 3. The molecular formula is C28H29F2NO6S2. The highest BCUT2D eigenvalue weighted by atomic mass is 32.2. The highest BCUT2D eigenvalue weighted by Gasteiger charge is 2.21. The largest absolute Gasteiger partial charge is 0.489 e. The van der Waals surface area contributed by atoms with Crippen LogP contribution in [0.25, 0.3) is 11.1 Å². The van der Waals surface area contributed by atoms with Gasteiger partial charge in [0.2, 0.25) is 0 Å². The molecule has 0 atom stereocenters. The maximum absolute atomic E-state index is 13.8. The molecule has 39 heavy (non-hydrogen) atoms. The molecule has 0 radical (unpaired) electrons. The number of thioether (sulfide) groups is 1. The molecule has 0 aliphatic heterocycles. The molecule has 3 rings (SSSR count). The molecule has 0 aromatic heterocycles. The van der Waals surface area contributed by atoms with Crippen LogP contribution in [0.5, 0.6) is 5.75 Å². The molecule has 0 aliphatic carbocycles. The van der Waals surface area contributed by atoms with Gasteiger partial charge >= 0.3 is 5.97 Å². The van der Waals surface area contributed by atoms with Crippen LogP contribution in [0.1, 0.15) is 22.8 Å². The lowest BCUT2D eigenvalue weighted by molar-refractivity contribution is -0.143. The Morgan fingerprint density at radius 3 is 2.33 bits per heavy atom. The fraction of sp³-hybridized carbons (Fsp3) is 0.286. The van der Waals surface area contributed by atoms with Gasteiger partial charge in [-0.1, -0.05) is 24.3 Å². The van der Waals surface area contributed by atoms with Gasteiger partial charge in [0, 0.05) is 23.3 Å². The number of nitrogens with zero attached hydrogens (tertiary/aromatic N) is 1. The fourth-order valence-corrected chi connectivity index (χ4v) is 4.86. The van der Waals surface area contributed by atoms with E-state index in [4.69, 9.17) is 9.47 Å². The summed E-state index contributed by atoms with van der Waals surface area (Å²) >= 11 is 1.32. The van der Waals surface area contributed by atoms with E-state index in [1.165, 1.54) is 23.9 Å². The Kier molecular flexibility index (Phi) is 10.5. The standard InChI is InChI=1S/C28H29F2NO6S2/c1-4-36-27(32)17-31(12-13-39(3,34)35)28(33)21-7-5-6-19(14-21)18-37-22-10-8-20(9-11-22)23-15-24(29)25(30)16-26(23)38-2/h5-11,14-16H,4,12-13,17-18H2,1-3H3. The van der Waals surface area contributed by atoms with Gasteiger partial charge in [-0.3, -0.25) is 9.59 Å². The number of hydrogen-bond donors (Lipinski definition) is 0. The lowest BCUT2D eigenvalue weighted by Crippen LogP contribution is -2.39. The van der Waals surface area contributed by atoms with Crippen LogP contribution in [-0.4, -0.2) is 63.2 Å². The van der Waals surface area contributed by atoms with E-state index in [0.29, 0.717) is 27.3 Å². The van der Waals surface area contributed by atoms with Crippen LogP contribution in [0.3, 0.4) is 0 Å². The number of halogens is 2. The number of ether oxygens (including phenoxy) is 2. The zero-order valence-corrected chi connectivity index (χ0v) is 23.4. The van der Waals surface area contributed by atoms with Crippen molar-refractivity contribution in [2.24, 2.45) is 0 Å². The lowest BCUT2D eigenvalue weighted by atomic mass is 10.1. The Morgan fingerprint density at radius 1 is 1.00 bits per heavy atom. The molecule has 0 fully saturated rings. The topological polar surface area (TPSA) is 90.0 Å². The van der Waals surface area contributed by atoms with Gasteiger partial charge in [-0.15, -0.1) is 11.8 Å². The summed E-state index contributed by atoms with van der Waals surface area (Å²) in [5, 5.41) is 0. The van der Waals surface area contributed by atoms with Crippen LogP contribution in [0.15, 0.2) is 65.6 Å². The van der Waals surface area contributed by atoms with E-state index in [2.05, 4.69) is 0 Å². The molecule has 1 amide bonds. The first-order chi connectivity index (χ1) is 18.5. The smallest absolute Gasteiger partial charge is 0.325 e. The Hall–Kier alpha value is -3.44. The van der Waals surface area contributed by atoms with Crippen molar-refractivity contribution in [2.45, 2.75) is 18.4 Å². The second kappa shape index (κ2) is 13.6. The Balaban J connectivity index is 1.71. The van der Waals surface area contributed by atoms with Crippen LogP contribution >= 0.6 is 11.8 Å². The monoisotopic (exact) mass is 577 g/mol. The van der Waals surface area contributed by atoms with E-state index in [0.717, 1.165) is 11.2 Å². The van der Waals surface area contributed by atoms with Gasteiger partial charge in [0.1, 0.15) is 28.7 Å². The summed E-state index contributed by atoms with van der Waals surface area (Å²) in [6.45, 7) is 1.39. The maximum atomic E-state index is 13.8. The van der Waals surface area contributed by atoms with Crippen LogP contribution in [0, 0.1) is 11.6 Å². The lowest BCUT2D eigenvalue weighted by Gasteiger charge is -2.21. The molecule has 0 N–H and O–H groups in total. The predicted octanol–water partition coefficient (Wildman–Crippen LogP) is 4.98. The van der Waals surface area contributed by atoms with E-state index < -0.39 is 33.3 Å². The molecular weight excluding hydrogens is 548 g/mol. The average molecular weight is 578 g/mol. The van der Waals surface area contributed by atoms with Crippen molar-refractivity contribution < 1.29 is 36.3 Å². The first-order valence-corrected chi connectivity index (χ1v) is 15.3. The number of sulfone groups is 1. The van der Waals surface area contributed by atoms with Crippen LogP contribution in [0.4, 0.5) is 8.78 Å². The molecule has 7 nitrogen and oxygen atoms in total. The number of rotatable bonds is 12. The summed E-state index contributed by atoms with van der Waals surface area (Å²) in [6, 6.07) is 15.9. The predicted molar refractivity (Wildman–Crippen MR) is 147 cm³/mol. The number of carbonyl (C=O) groups is 2. The number of amides is 1. The highest BCUT2D eigenvalue weighted by molar-refractivity contribution is 7.98. The van der Waals surface area contributed by atoms with Gasteiger partial charge < -0.3 is 14.4 Å². The minimum Gasteiger partial charge on any atom is -0.489 e. The number of esters is 1. The zero-order valence-electron chi connectivity index (χ0n) is 21.8. The quantitative estimate of drug-likeness (QED) is 0.222. The van der Waals surface area contributed by atoms with E-state index in [9.17, 15) is 26.8 Å². The highest BCUT2D eigenvalue weighted by Crippen LogP contribution is 2.33. The van der Waals surface area contributed by atoms with Gasteiger partial charge in [0.25, 0.3) is 5.91 Å². The number of carbonyl (C=O) groups excluding carboxylic acids is 2. The molecule has 208 valence electrons. The van der Waals surface area contributed by atoms with Gasteiger partial charge in [-0.2, -0.15) is 0 Å². The van der Waals surface area contributed by atoms with Gasteiger partial charge in [-0.25, -0.2) is 17.2 Å². The Labute approximate surface area is 231 Å². The average Bonchev–Trinajstić information content (AvgIpc) is 2.91. The molecule has 0 saturated carbocycles. The first-order valence-electron chi connectivity index (χ1n) is 12.0. The maximum Gasteiger partial charge on any atom is 0.325 e. The van der Waals surface area contributed by atoms with E-state index in [1.54, 1.807) is 61.7 Å². The number of hydrogen-bond acceptors (Lipinski definition) is 7. The van der Waals surface area contributed by atoms with Crippen molar-refractivity contribution in [1.82, 2.24) is 4.90 Å². The third kappa shape index (κ3) is 8.79. The minimum atomic E-state index is -3.36. The first kappa shape index (κ1) is 30.1. The summed E-state index contributed by atoms with van der Waals surface area (Å²) in [5.74, 6) is -2.72. The van der Waals surface area contributed by atoms with Crippen molar-refractivity contribution in [3.63, 3.8) is 0 Å². The minimum absolute atomic E-state index is 0.128. The normalized spacial score (nSPS) is 11.2. The van der Waals surface area contributed by atoms with Crippen LogP contribution in [-0.2, 0) is 26.0 Å². The van der Waals surface area contributed by atoms with Gasteiger partial charge in [0.15, 0.2) is 11.6 Å². The molecule has 11 heteroatoms. The fourth-order valence-electron chi connectivity index (χ4n) is 3.69. The molecule has 3 aromatic rings. The van der Waals surface area contributed by atoms with Crippen molar-refractivity contribution in [2.75, 3.05) is 38.0 Å². The molecule has 0 saturated heterocycles. The third-order valence-electron chi connectivity index (χ3n) is 5.63. The zero-order chi connectivity index (χ0) is 28.6. The molecule has 3 aromatic carbocycles. The van der Waals surface area contributed by atoms with Crippen molar-refractivity contribution >= 4 is 33.5 Å². The van der Waals surface area contributed by atoms with Crippen molar-refractivity contribution in [3.8, 4) is 16.9 Å². The van der Waals surface area contributed by atoms with Crippen molar-refractivity contribution in [1.29, 1.82) is 0 Å². The second-order valence-corrected chi connectivity index (χ2v) is 11.7. The van der Waals surface area contributed by atoms with Crippen molar-refractivity contribution in [3.05, 3.63) is 83.4 Å². The van der Waals surface area contributed by atoms with Crippen LogP contribution < -0.4 is 4.74 Å². The summed E-state index contributed by atoms with van der Waals surface area (Å²) in [5.41, 5.74) is 2.22. The summed E-state index contributed by atoms with van der Waals surface area (Å²) in [6.07, 6.45) is 2.85. The van der Waals surface area contributed by atoms with E-state index >= 15 is 0 Å². The summed E-state index contributed by atoms with van der Waals surface area (Å²) < 4.78 is 61.5. The Bertz CT molecular complexity index is 1430. The molecule has 0 spiro atoms. The molecule has 0 aliphatic rings.